The number of hydrogen-bond donors (Lipinski definition) is 2. The summed E-state index contributed by atoms with van der Waals surface area (Å²) in [4.78, 5) is 18.4. The molecule has 2 unspecified atom stereocenters. The fourth-order valence-electron chi connectivity index (χ4n) is 3.32. The zero-order valence-corrected chi connectivity index (χ0v) is 16.2. The quantitative estimate of drug-likeness (QED) is 0.754. The zero-order valence-electron chi connectivity index (χ0n) is 15.4. The number of amides is 1. The van der Waals surface area contributed by atoms with E-state index in [2.05, 4.69) is 15.6 Å². The van der Waals surface area contributed by atoms with Crippen molar-refractivity contribution in [1.29, 1.82) is 0 Å². The molecule has 0 saturated carbocycles. The molecule has 9 heteroatoms. The largest absolute Gasteiger partial charge is 0.414 e. The number of alkyl halides is 3. The fourth-order valence-corrected chi connectivity index (χ4v) is 3.44. The predicted octanol–water partition coefficient (Wildman–Crippen LogP) is 4.35. The van der Waals surface area contributed by atoms with Crippen molar-refractivity contribution in [3.8, 4) is 0 Å². The number of fused-ring (bicyclic) bond motifs is 1. The molecule has 2 atom stereocenters. The van der Waals surface area contributed by atoms with Gasteiger partial charge in [0.25, 0.3) is 5.91 Å². The maximum Gasteiger partial charge on any atom is 0.414 e. The Morgan fingerprint density at radius 2 is 1.93 bits per heavy atom. The number of carbonyl (C=O) groups is 1. The summed E-state index contributed by atoms with van der Waals surface area (Å²) in [5, 5.41) is 5.67. The molecule has 0 spiro atoms. The van der Waals surface area contributed by atoms with Crippen LogP contribution in [0.3, 0.4) is 0 Å². The van der Waals surface area contributed by atoms with Crippen LogP contribution < -0.4 is 10.6 Å². The lowest BCUT2D eigenvalue weighted by atomic mass is 10.1. The van der Waals surface area contributed by atoms with Crippen LogP contribution in [0.4, 0.5) is 13.2 Å². The van der Waals surface area contributed by atoms with Crippen molar-refractivity contribution in [2.24, 2.45) is 0 Å². The minimum atomic E-state index is -4.70. The molecule has 154 valence electrons. The number of nitrogens with zero attached hydrogens (tertiary/aromatic N) is 2. The van der Waals surface area contributed by atoms with Crippen molar-refractivity contribution in [3.05, 3.63) is 101 Å². The molecule has 0 bridgehead atoms. The molecule has 2 aliphatic heterocycles. The Labute approximate surface area is 175 Å². The second kappa shape index (κ2) is 7.87. The molecule has 0 saturated heterocycles. The van der Waals surface area contributed by atoms with Crippen LogP contribution in [0.1, 0.15) is 23.5 Å². The summed E-state index contributed by atoms with van der Waals surface area (Å²) < 4.78 is 40.9. The van der Waals surface area contributed by atoms with Crippen molar-refractivity contribution in [2.45, 2.75) is 18.4 Å². The van der Waals surface area contributed by atoms with Crippen LogP contribution in [-0.2, 0) is 4.79 Å². The zero-order chi connectivity index (χ0) is 21.3. The number of aromatic nitrogens is 1. The molecule has 1 amide bonds. The van der Waals surface area contributed by atoms with Crippen LogP contribution in [0, 0.1) is 0 Å². The van der Waals surface area contributed by atoms with Crippen LogP contribution >= 0.6 is 11.6 Å². The van der Waals surface area contributed by atoms with Crippen molar-refractivity contribution in [2.75, 3.05) is 0 Å². The van der Waals surface area contributed by atoms with E-state index in [9.17, 15) is 18.0 Å². The highest BCUT2D eigenvalue weighted by molar-refractivity contribution is 6.30. The molecule has 0 fully saturated rings. The predicted molar refractivity (Wildman–Crippen MR) is 106 cm³/mol. The summed E-state index contributed by atoms with van der Waals surface area (Å²) in [6.07, 6.45) is 3.00. The summed E-state index contributed by atoms with van der Waals surface area (Å²) in [6, 6.07) is 8.94. The first-order valence-corrected chi connectivity index (χ1v) is 9.40. The van der Waals surface area contributed by atoms with Crippen LogP contribution in [-0.4, -0.2) is 22.0 Å². The number of rotatable bonds is 4. The van der Waals surface area contributed by atoms with Crippen molar-refractivity contribution >= 4 is 17.5 Å². The molecular weight excluding hydrogens is 417 g/mol. The normalized spacial score (nSPS) is 18.8. The number of hydrogen-bond acceptors (Lipinski definition) is 4. The molecule has 2 N–H and O–H groups in total. The highest BCUT2D eigenvalue weighted by Crippen LogP contribution is 2.36. The van der Waals surface area contributed by atoms with Gasteiger partial charge in [0.15, 0.2) is 6.04 Å². The third-order valence-electron chi connectivity index (χ3n) is 4.70. The Kier molecular flexibility index (Phi) is 5.26. The number of halogens is 4. The van der Waals surface area contributed by atoms with Crippen molar-refractivity contribution < 1.29 is 18.0 Å². The number of pyridine rings is 1. The standard InChI is InChI=1S/C21H16ClF3N4O/c22-14-9-7-13(8-10-14)19-27-17(16-6-2-4-12-29(16)19)20(30)28-18(21(23,24)25)15-5-1-3-11-26-15/h1-12,18-19,27H,(H,28,30). The van der Waals surface area contributed by atoms with Gasteiger partial charge < -0.3 is 15.5 Å². The summed E-state index contributed by atoms with van der Waals surface area (Å²) in [5.41, 5.74) is 1.03. The van der Waals surface area contributed by atoms with E-state index in [1.165, 1.54) is 24.4 Å². The van der Waals surface area contributed by atoms with E-state index in [1.807, 2.05) is 0 Å². The van der Waals surface area contributed by atoms with Crippen LogP contribution in [0.5, 0.6) is 0 Å². The van der Waals surface area contributed by atoms with Gasteiger partial charge >= 0.3 is 6.18 Å². The fraction of sp³-hybridized carbons (Fsp3) is 0.143. The molecule has 5 nitrogen and oxygen atoms in total. The first-order chi connectivity index (χ1) is 14.3. The van der Waals surface area contributed by atoms with Gasteiger partial charge in [-0.15, -0.1) is 0 Å². The maximum atomic E-state index is 13.6. The van der Waals surface area contributed by atoms with E-state index < -0.39 is 24.3 Å². The molecule has 1 aromatic carbocycles. The number of allylic oxidation sites excluding steroid dienone is 3. The summed E-state index contributed by atoms with van der Waals surface area (Å²) in [5.74, 6) is -0.876. The van der Waals surface area contributed by atoms with Crippen molar-refractivity contribution in [1.82, 2.24) is 20.5 Å². The molecule has 4 rings (SSSR count). The van der Waals surface area contributed by atoms with Crippen molar-refractivity contribution in [3.63, 3.8) is 0 Å². The summed E-state index contributed by atoms with van der Waals surface area (Å²) in [6.45, 7) is 0. The van der Waals surface area contributed by atoms with E-state index in [0.717, 1.165) is 5.56 Å². The van der Waals surface area contributed by atoms with Gasteiger partial charge in [0.2, 0.25) is 0 Å². The Morgan fingerprint density at radius 3 is 2.60 bits per heavy atom. The minimum absolute atomic E-state index is 0.0423. The van der Waals surface area contributed by atoms with Crippen LogP contribution in [0.2, 0.25) is 5.02 Å². The number of benzene rings is 1. The van der Waals surface area contributed by atoms with Crippen LogP contribution in [0.25, 0.3) is 0 Å². The van der Waals surface area contributed by atoms with Gasteiger partial charge in [-0.05, 0) is 42.0 Å². The Bertz CT molecular complexity index is 1030. The first kappa shape index (κ1) is 20.0. The molecule has 0 aliphatic carbocycles. The van der Waals surface area contributed by atoms with Crippen LogP contribution in [0.15, 0.2) is 84.5 Å². The van der Waals surface area contributed by atoms with E-state index in [1.54, 1.807) is 53.6 Å². The highest BCUT2D eigenvalue weighted by Gasteiger charge is 2.44. The monoisotopic (exact) mass is 432 g/mol. The first-order valence-electron chi connectivity index (χ1n) is 9.02. The van der Waals surface area contributed by atoms with Gasteiger partial charge in [-0.1, -0.05) is 35.9 Å². The van der Waals surface area contributed by atoms with E-state index >= 15 is 0 Å². The summed E-state index contributed by atoms with van der Waals surface area (Å²) >= 11 is 5.95. The lowest BCUT2D eigenvalue weighted by Crippen LogP contribution is -2.41. The van der Waals surface area contributed by atoms with Gasteiger partial charge in [-0.25, -0.2) is 0 Å². The minimum Gasteiger partial charge on any atom is -0.355 e. The van der Waals surface area contributed by atoms with E-state index in [-0.39, 0.29) is 11.4 Å². The lowest BCUT2D eigenvalue weighted by molar-refractivity contribution is -0.163. The van der Waals surface area contributed by atoms with Gasteiger partial charge in [0, 0.05) is 17.4 Å². The molecule has 2 aromatic rings. The average molecular weight is 433 g/mol. The molecule has 2 aliphatic rings. The van der Waals surface area contributed by atoms with E-state index in [4.69, 9.17) is 11.6 Å². The third kappa shape index (κ3) is 3.91. The second-order valence-corrected chi connectivity index (χ2v) is 7.11. The smallest absolute Gasteiger partial charge is 0.355 e. The van der Waals surface area contributed by atoms with Gasteiger partial charge in [-0.2, -0.15) is 13.2 Å². The Hall–Kier alpha value is -3.26. The molecule has 30 heavy (non-hydrogen) atoms. The molecule has 3 heterocycles. The van der Waals surface area contributed by atoms with Gasteiger partial charge in [-0.3, -0.25) is 9.78 Å². The number of carbonyl (C=O) groups excluding carboxylic acids is 1. The Balaban J connectivity index is 1.63. The van der Waals surface area contributed by atoms with Gasteiger partial charge in [0.1, 0.15) is 11.9 Å². The topological polar surface area (TPSA) is 57.3 Å². The lowest BCUT2D eigenvalue weighted by Gasteiger charge is -2.26. The SMILES string of the molecule is O=C(NC(c1ccccn1)C(F)(F)F)C1=C2C=CC=CN2C(c2ccc(Cl)cc2)N1. The highest BCUT2D eigenvalue weighted by atomic mass is 35.5. The maximum absolute atomic E-state index is 13.6. The molecule has 0 radical (unpaired) electrons. The summed E-state index contributed by atoms with van der Waals surface area (Å²) in [7, 11) is 0. The number of nitrogens with one attached hydrogen (secondary N) is 2. The molecule has 1 aromatic heterocycles. The molecular formula is C21H16ClF3N4O. The van der Waals surface area contributed by atoms with E-state index in [0.29, 0.717) is 10.7 Å². The second-order valence-electron chi connectivity index (χ2n) is 6.67. The third-order valence-corrected chi connectivity index (χ3v) is 4.96. The average Bonchev–Trinajstić information content (AvgIpc) is 3.12. The van der Waals surface area contributed by atoms with Gasteiger partial charge in [0.05, 0.1) is 11.4 Å². The Morgan fingerprint density at radius 1 is 1.17 bits per heavy atom.